The minimum Gasteiger partial charge on any atom is -0.444 e. The molecule has 1 N–H and O–H groups in total. The Morgan fingerprint density at radius 1 is 1.28 bits per heavy atom. The van der Waals surface area contributed by atoms with Gasteiger partial charge in [-0.25, -0.2) is 4.79 Å². The van der Waals surface area contributed by atoms with Crippen molar-refractivity contribution in [3.63, 3.8) is 0 Å². The maximum absolute atomic E-state index is 12.5. The molecule has 0 aliphatic carbocycles. The van der Waals surface area contributed by atoms with E-state index in [2.05, 4.69) is 30.4 Å². The quantitative estimate of drug-likeness (QED) is 0.879. The van der Waals surface area contributed by atoms with Crippen molar-refractivity contribution in [2.45, 2.75) is 65.0 Å². The van der Waals surface area contributed by atoms with Gasteiger partial charge in [0.05, 0.1) is 6.04 Å². The molecular weight excluding hydrogens is 312 g/mol. The summed E-state index contributed by atoms with van der Waals surface area (Å²) in [5.41, 5.74) is 3.80. The number of benzene rings is 1. The van der Waals surface area contributed by atoms with Crippen LogP contribution in [0.4, 0.5) is 4.79 Å². The minimum absolute atomic E-state index is 0.0755. The zero-order valence-electron chi connectivity index (χ0n) is 16.1. The van der Waals surface area contributed by atoms with E-state index in [1.807, 2.05) is 25.7 Å². The Labute approximate surface area is 151 Å². The highest BCUT2D eigenvalue weighted by molar-refractivity contribution is 5.69. The maximum Gasteiger partial charge on any atom is 0.410 e. The van der Waals surface area contributed by atoms with Crippen molar-refractivity contribution in [3.8, 4) is 0 Å². The van der Waals surface area contributed by atoms with Crippen molar-refractivity contribution in [2.75, 3.05) is 19.6 Å². The zero-order chi connectivity index (χ0) is 18.0. The molecule has 4 heteroatoms. The number of hydrogen-bond acceptors (Lipinski definition) is 3. The molecule has 1 unspecified atom stereocenters. The number of carbonyl (C=O) groups is 1. The molecule has 0 spiro atoms. The van der Waals surface area contributed by atoms with Gasteiger partial charge in [0.1, 0.15) is 5.60 Å². The van der Waals surface area contributed by atoms with Gasteiger partial charge >= 0.3 is 6.09 Å². The second kappa shape index (κ2) is 7.36. The third-order valence-corrected chi connectivity index (χ3v) is 5.42. The zero-order valence-corrected chi connectivity index (χ0v) is 16.1. The lowest BCUT2D eigenvalue weighted by Crippen LogP contribution is -2.42. The Morgan fingerprint density at radius 3 is 2.68 bits per heavy atom. The molecule has 0 saturated carbocycles. The first-order valence-corrected chi connectivity index (χ1v) is 9.66. The standard InChI is InChI=1S/C21H32N2O2/c1-15-18-7-5-6-17(14-16-8-11-22-12-9-16)19(18)10-13-23(15)20(24)25-21(2,3)4/h5-7,15-16,22H,8-14H2,1-4H3. The first-order valence-electron chi connectivity index (χ1n) is 9.66. The molecule has 2 heterocycles. The number of amides is 1. The highest BCUT2D eigenvalue weighted by atomic mass is 16.6. The van der Waals surface area contributed by atoms with Crippen molar-refractivity contribution in [2.24, 2.45) is 5.92 Å². The highest BCUT2D eigenvalue weighted by Crippen LogP contribution is 2.34. The number of fused-ring (bicyclic) bond motifs is 1. The number of ether oxygens (including phenoxy) is 1. The largest absolute Gasteiger partial charge is 0.444 e. The van der Waals surface area contributed by atoms with Crippen LogP contribution in [0.2, 0.25) is 0 Å². The Morgan fingerprint density at radius 2 is 2.00 bits per heavy atom. The smallest absolute Gasteiger partial charge is 0.410 e. The molecule has 1 aromatic carbocycles. The maximum atomic E-state index is 12.5. The molecule has 2 aliphatic heterocycles. The van der Waals surface area contributed by atoms with Crippen LogP contribution >= 0.6 is 0 Å². The average molecular weight is 344 g/mol. The molecule has 0 radical (unpaired) electrons. The van der Waals surface area contributed by atoms with Crippen LogP contribution in [0.5, 0.6) is 0 Å². The van der Waals surface area contributed by atoms with Gasteiger partial charge < -0.3 is 15.0 Å². The van der Waals surface area contributed by atoms with Gasteiger partial charge in [-0.15, -0.1) is 0 Å². The Hall–Kier alpha value is -1.55. The summed E-state index contributed by atoms with van der Waals surface area (Å²) in [6, 6.07) is 6.70. The molecule has 138 valence electrons. The highest BCUT2D eigenvalue weighted by Gasteiger charge is 2.32. The average Bonchev–Trinajstić information content (AvgIpc) is 2.55. The van der Waals surface area contributed by atoms with E-state index >= 15 is 0 Å². The van der Waals surface area contributed by atoms with E-state index in [4.69, 9.17) is 4.74 Å². The summed E-state index contributed by atoms with van der Waals surface area (Å²) in [5, 5.41) is 3.45. The molecule has 1 atom stereocenters. The summed E-state index contributed by atoms with van der Waals surface area (Å²) in [6.45, 7) is 10.9. The normalized spacial score (nSPS) is 21.8. The predicted molar refractivity (Wildman–Crippen MR) is 101 cm³/mol. The van der Waals surface area contributed by atoms with Crippen LogP contribution in [0.25, 0.3) is 0 Å². The number of hydrogen-bond donors (Lipinski definition) is 1. The lowest BCUT2D eigenvalue weighted by atomic mass is 9.84. The molecule has 3 rings (SSSR count). The van der Waals surface area contributed by atoms with Gasteiger partial charge in [0.15, 0.2) is 0 Å². The summed E-state index contributed by atoms with van der Waals surface area (Å²) in [4.78, 5) is 14.4. The lowest BCUT2D eigenvalue weighted by Gasteiger charge is -2.37. The van der Waals surface area contributed by atoms with Crippen molar-refractivity contribution in [3.05, 3.63) is 34.9 Å². The molecule has 0 bridgehead atoms. The fourth-order valence-corrected chi connectivity index (χ4v) is 4.10. The molecule has 1 saturated heterocycles. The fourth-order valence-electron chi connectivity index (χ4n) is 4.10. The molecule has 4 nitrogen and oxygen atoms in total. The number of carbonyl (C=O) groups excluding carboxylic acids is 1. The SMILES string of the molecule is CC1c2cccc(CC3CCNCC3)c2CCN1C(=O)OC(C)(C)C. The fraction of sp³-hybridized carbons (Fsp3) is 0.667. The van der Waals surface area contributed by atoms with Crippen molar-refractivity contribution in [1.29, 1.82) is 0 Å². The molecule has 1 fully saturated rings. The van der Waals surface area contributed by atoms with Gasteiger partial charge in [-0.2, -0.15) is 0 Å². The summed E-state index contributed by atoms with van der Waals surface area (Å²) >= 11 is 0. The monoisotopic (exact) mass is 344 g/mol. The van der Waals surface area contributed by atoms with Gasteiger partial charge in [0.2, 0.25) is 0 Å². The Bertz CT molecular complexity index is 615. The van der Waals surface area contributed by atoms with Crippen LogP contribution in [0.15, 0.2) is 18.2 Å². The van der Waals surface area contributed by atoms with E-state index in [1.54, 1.807) is 0 Å². The number of rotatable bonds is 2. The van der Waals surface area contributed by atoms with Crippen molar-refractivity contribution in [1.82, 2.24) is 10.2 Å². The Kier molecular flexibility index (Phi) is 5.38. The van der Waals surface area contributed by atoms with Gasteiger partial charge in [0.25, 0.3) is 0 Å². The van der Waals surface area contributed by atoms with Gasteiger partial charge in [-0.3, -0.25) is 0 Å². The second-order valence-corrected chi connectivity index (χ2v) is 8.48. The Balaban J connectivity index is 1.76. The summed E-state index contributed by atoms with van der Waals surface area (Å²) in [6.07, 6.45) is 4.44. The summed E-state index contributed by atoms with van der Waals surface area (Å²) in [7, 11) is 0. The van der Waals surface area contributed by atoms with Crippen molar-refractivity contribution >= 4 is 6.09 Å². The number of piperidine rings is 1. The summed E-state index contributed by atoms with van der Waals surface area (Å²) in [5.74, 6) is 0.784. The van der Waals surface area contributed by atoms with E-state index in [-0.39, 0.29) is 12.1 Å². The van der Waals surface area contributed by atoms with Crippen molar-refractivity contribution < 1.29 is 9.53 Å². The first-order chi connectivity index (χ1) is 11.8. The van der Waals surface area contributed by atoms with Crippen LogP contribution in [0.3, 0.4) is 0 Å². The summed E-state index contributed by atoms with van der Waals surface area (Å²) < 4.78 is 5.59. The molecular formula is C21H32N2O2. The number of nitrogens with zero attached hydrogens (tertiary/aromatic N) is 1. The van der Waals surface area contributed by atoms with Crippen LogP contribution in [0.1, 0.15) is 63.3 Å². The van der Waals surface area contributed by atoms with E-state index in [9.17, 15) is 4.79 Å². The molecule has 0 aromatic heterocycles. The topological polar surface area (TPSA) is 41.6 Å². The molecule has 2 aliphatic rings. The van der Waals surface area contributed by atoms with Crippen LogP contribution in [-0.4, -0.2) is 36.2 Å². The molecule has 1 amide bonds. The van der Waals surface area contributed by atoms with E-state index < -0.39 is 5.60 Å². The third kappa shape index (κ3) is 4.35. The molecule has 1 aromatic rings. The van der Waals surface area contributed by atoms with E-state index in [0.29, 0.717) is 0 Å². The number of nitrogens with one attached hydrogen (secondary N) is 1. The van der Waals surface area contributed by atoms with E-state index in [0.717, 1.165) is 32.0 Å². The van der Waals surface area contributed by atoms with Crippen LogP contribution in [-0.2, 0) is 17.6 Å². The van der Waals surface area contributed by atoms with Gasteiger partial charge in [-0.05, 0) is 89.1 Å². The third-order valence-electron chi connectivity index (χ3n) is 5.42. The second-order valence-electron chi connectivity index (χ2n) is 8.48. The predicted octanol–water partition coefficient (Wildman–Crippen LogP) is 4.08. The van der Waals surface area contributed by atoms with Crippen LogP contribution < -0.4 is 5.32 Å². The van der Waals surface area contributed by atoms with Crippen LogP contribution in [0, 0.1) is 5.92 Å². The molecule has 25 heavy (non-hydrogen) atoms. The minimum atomic E-state index is -0.450. The lowest BCUT2D eigenvalue weighted by molar-refractivity contribution is 0.0159. The van der Waals surface area contributed by atoms with E-state index in [1.165, 1.54) is 36.0 Å². The van der Waals surface area contributed by atoms with Gasteiger partial charge in [-0.1, -0.05) is 18.2 Å². The first kappa shape index (κ1) is 18.2. The van der Waals surface area contributed by atoms with Gasteiger partial charge in [0, 0.05) is 6.54 Å².